The van der Waals surface area contributed by atoms with E-state index in [-0.39, 0.29) is 18.3 Å². The SMILES string of the molecule is COc1ccc(C2CC(c3ccc(F)cc3)=NN2C2=NC(=O)C(CC(=O)Nc3ccc(C)c(F)c3)S2)cc1. The van der Waals surface area contributed by atoms with E-state index in [4.69, 9.17) is 9.84 Å². The van der Waals surface area contributed by atoms with Gasteiger partial charge in [0.1, 0.15) is 22.6 Å². The Morgan fingerprint density at radius 2 is 1.84 bits per heavy atom. The summed E-state index contributed by atoms with van der Waals surface area (Å²) in [5.41, 5.74) is 3.22. The summed E-state index contributed by atoms with van der Waals surface area (Å²) in [5.74, 6) is -0.909. The molecule has 0 aromatic heterocycles. The lowest BCUT2D eigenvalue weighted by Gasteiger charge is -2.23. The van der Waals surface area contributed by atoms with Gasteiger partial charge in [-0.1, -0.05) is 42.1 Å². The minimum absolute atomic E-state index is 0.123. The van der Waals surface area contributed by atoms with E-state index in [2.05, 4.69) is 10.3 Å². The Balaban J connectivity index is 1.34. The molecule has 3 aromatic rings. The summed E-state index contributed by atoms with van der Waals surface area (Å²) < 4.78 is 32.6. The van der Waals surface area contributed by atoms with Crippen LogP contribution in [-0.2, 0) is 9.59 Å². The van der Waals surface area contributed by atoms with Crippen molar-refractivity contribution < 1.29 is 23.1 Å². The predicted molar refractivity (Wildman–Crippen MR) is 143 cm³/mol. The molecule has 194 valence electrons. The number of nitrogens with one attached hydrogen (secondary N) is 1. The molecule has 38 heavy (non-hydrogen) atoms. The minimum atomic E-state index is -0.734. The Morgan fingerprint density at radius 3 is 2.53 bits per heavy atom. The second-order valence-electron chi connectivity index (χ2n) is 8.95. The molecular weight excluding hydrogens is 510 g/mol. The molecule has 2 atom stereocenters. The van der Waals surface area contributed by atoms with E-state index >= 15 is 0 Å². The van der Waals surface area contributed by atoms with Gasteiger partial charge in [-0.05, 0) is 60.0 Å². The zero-order valence-electron chi connectivity index (χ0n) is 20.7. The molecule has 0 aliphatic carbocycles. The first-order valence-electron chi connectivity index (χ1n) is 11.9. The van der Waals surface area contributed by atoms with E-state index in [0.29, 0.717) is 28.6 Å². The van der Waals surface area contributed by atoms with Crippen LogP contribution in [0.15, 0.2) is 76.8 Å². The molecule has 0 saturated carbocycles. The molecule has 2 unspecified atom stereocenters. The number of hydrazone groups is 1. The van der Waals surface area contributed by atoms with E-state index in [1.807, 2.05) is 24.3 Å². The lowest BCUT2D eigenvalue weighted by molar-refractivity contribution is -0.121. The van der Waals surface area contributed by atoms with Crippen molar-refractivity contribution in [1.82, 2.24) is 5.01 Å². The number of carbonyl (C=O) groups excluding carboxylic acids is 2. The minimum Gasteiger partial charge on any atom is -0.497 e. The highest BCUT2D eigenvalue weighted by Crippen LogP contribution is 2.39. The number of carbonyl (C=O) groups is 2. The Hall–Kier alpha value is -4.05. The van der Waals surface area contributed by atoms with Crippen LogP contribution in [0.3, 0.4) is 0 Å². The largest absolute Gasteiger partial charge is 0.497 e. The Morgan fingerprint density at radius 1 is 1.11 bits per heavy atom. The van der Waals surface area contributed by atoms with Crippen molar-refractivity contribution in [3.63, 3.8) is 0 Å². The molecule has 2 aliphatic rings. The van der Waals surface area contributed by atoms with Gasteiger partial charge in [-0.25, -0.2) is 13.8 Å². The van der Waals surface area contributed by atoms with Gasteiger partial charge in [0.15, 0.2) is 5.17 Å². The summed E-state index contributed by atoms with van der Waals surface area (Å²) in [7, 11) is 1.59. The third kappa shape index (κ3) is 5.45. The van der Waals surface area contributed by atoms with Crippen molar-refractivity contribution in [2.24, 2.45) is 10.1 Å². The van der Waals surface area contributed by atoms with Crippen molar-refractivity contribution in [3.05, 3.63) is 95.1 Å². The van der Waals surface area contributed by atoms with Crippen LogP contribution in [0.25, 0.3) is 0 Å². The number of halogens is 2. The van der Waals surface area contributed by atoms with Gasteiger partial charge in [0.2, 0.25) is 5.91 Å². The van der Waals surface area contributed by atoms with Crippen LogP contribution in [0.2, 0.25) is 0 Å². The number of rotatable bonds is 6. The van der Waals surface area contributed by atoms with Crippen molar-refractivity contribution in [2.75, 3.05) is 12.4 Å². The van der Waals surface area contributed by atoms with Crippen LogP contribution in [0.5, 0.6) is 5.75 Å². The second kappa shape index (κ2) is 10.7. The molecule has 2 aliphatic heterocycles. The number of benzene rings is 3. The lowest BCUT2D eigenvalue weighted by atomic mass is 9.98. The highest BCUT2D eigenvalue weighted by molar-refractivity contribution is 8.15. The molecule has 0 fully saturated rings. The van der Waals surface area contributed by atoms with E-state index in [1.54, 1.807) is 43.3 Å². The standard InChI is InChI=1S/C28H24F2N4O3S/c1-16-3-10-20(13-22(16)30)31-26(35)15-25-27(36)32-28(38-25)34-24(18-6-11-21(37-2)12-7-18)14-23(33-34)17-4-8-19(29)9-5-17/h3-13,24-25H,14-15H2,1-2H3,(H,31,35). The predicted octanol–water partition coefficient (Wildman–Crippen LogP) is 5.46. The molecular formula is C28H24F2N4O3S. The molecule has 2 amide bonds. The lowest BCUT2D eigenvalue weighted by Crippen LogP contribution is -2.25. The number of hydrogen-bond acceptors (Lipinski definition) is 6. The van der Waals surface area contributed by atoms with Crippen molar-refractivity contribution in [2.45, 2.75) is 31.1 Å². The molecule has 0 saturated heterocycles. The maximum atomic E-state index is 13.8. The fourth-order valence-electron chi connectivity index (χ4n) is 4.24. The van der Waals surface area contributed by atoms with E-state index in [0.717, 1.165) is 16.8 Å². The Kier molecular flexibility index (Phi) is 7.24. The number of methoxy groups -OCH3 is 1. The van der Waals surface area contributed by atoms with Crippen LogP contribution < -0.4 is 10.1 Å². The van der Waals surface area contributed by atoms with Gasteiger partial charge in [0.05, 0.1) is 18.9 Å². The Bertz CT molecular complexity index is 1440. The topological polar surface area (TPSA) is 83.4 Å². The number of amidine groups is 1. The highest BCUT2D eigenvalue weighted by Gasteiger charge is 2.39. The molecule has 1 N–H and O–H groups in total. The summed E-state index contributed by atoms with van der Waals surface area (Å²) >= 11 is 1.17. The van der Waals surface area contributed by atoms with E-state index in [1.165, 1.54) is 30.0 Å². The number of nitrogens with zero attached hydrogens (tertiary/aromatic N) is 3. The molecule has 5 rings (SSSR count). The monoisotopic (exact) mass is 534 g/mol. The van der Waals surface area contributed by atoms with Crippen LogP contribution in [0.1, 0.15) is 35.6 Å². The average molecular weight is 535 g/mol. The molecule has 0 bridgehead atoms. The third-order valence-corrected chi connectivity index (χ3v) is 7.48. The average Bonchev–Trinajstić information content (AvgIpc) is 3.50. The number of hydrogen-bond donors (Lipinski definition) is 1. The Labute approximate surface area is 222 Å². The first kappa shape index (κ1) is 25.6. The zero-order chi connectivity index (χ0) is 26.8. The fourth-order valence-corrected chi connectivity index (χ4v) is 5.31. The maximum absolute atomic E-state index is 13.8. The third-order valence-electron chi connectivity index (χ3n) is 6.34. The summed E-state index contributed by atoms with van der Waals surface area (Å²) in [5, 5.41) is 8.73. The van der Waals surface area contributed by atoms with Gasteiger partial charge in [0.25, 0.3) is 5.91 Å². The van der Waals surface area contributed by atoms with Gasteiger partial charge < -0.3 is 10.1 Å². The van der Waals surface area contributed by atoms with Gasteiger partial charge in [-0.15, -0.1) is 0 Å². The van der Waals surface area contributed by atoms with E-state index < -0.39 is 22.9 Å². The summed E-state index contributed by atoms with van der Waals surface area (Å²) in [6, 6.07) is 17.8. The number of amides is 2. The fraction of sp³-hybridized carbons (Fsp3) is 0.214. The zero-order valence-corrected chi connectivity index (χ0v) is 21.5. The van der Waals surface area contributed by atoms with Gasteiger partial charge in [-0.3, -0.25) is 9.59 Å². The maximum Gasteiger partial charge on any atom is 0.262 e. The molecule has 10 heteroatoms. The van der Waals surface area contributed by atoms with Crippen LogP contribution in [-0.4, -0.2) is 40.1 Å². The van der Waals surface area contributed by atoms with Crippen molar-refractivity contribution in [1.29, 1.82) is 0 Å². The van der Waals surface area contributed by atoms with Gasteiger partial charge in [-0.2, -0.15) is 10.1 Å². The van der Waals surface area contributed by atoms with Crippen molar-refractivity contribution in [3.8, 4) is 5.75 Å². The number of ether oxygens (including phenoxy) is 1. The number of anilines is 1. The van der Waals surface area contributed by atoms with E-state index in [9.17, 15) is 18.4 Å². The second-order valence-corrected chi connectivity index (χ2v) is 10.1. The number of thioether (sulfide) groups is 1. The van der Waals surface area contributed by atoms with Gasteiger partial charge in [0, 0.05) is 18.5 Å². The van der Waals surface area contributed by atoms with Gasteiger partial charge >= 0.3 is 0 Å². The first-order valence-corrected chi connectivity index (χ1v) is 12.8. The number of aryl methyl sites for hydroxylation is 1. The first-order chi connectivity index (χ1) is 18.3. The normalized spacial score (nSPS) is 18.8. The molecule has 7 nitrogen and oxygen atoms in total. The van der Waals surface area contributed by atoms with Crippen LogP contribution in [0, 0.1) is 18.6 Å². The van der Waals surface area contributed by atoms with Crippen LogP contribution in [0.4, 0.5) is 14.5 Å². The number of aliphatic imine (C=N–C) groups is 1. The molecule has 3 aromatic carbocycles. The van der Waals surface area contributed by atoms with Crippen LogP contribution >= 0.6 is 11.8 Å². The quantitative estimate of drug-likeness (QED) is 0.454. The molecule has 0 radical (unpaired) electrons. The molecule has 0 spiro atoms. The summed E-state index contributed by atoms with van der Waals surface area (Å²) in [4.78, 5) is 29.6. The van der Waals surface area contributed by atoms with Crippen molar-refractivity contribution >= 4 is 40.1 Å². The summed E-state index contributed by atoms with van der Waals surface area (Å²) in [6.07, 6.45) is 0.386. The highest BCUT2D eigenvalue weighted by atomic mass is 32.2. The molecule has 2 heterocycles. The summed E-state index contributed by atoms with van der Waals surface area (Å²) in [6.45, 7) is 1.63. The smallest absolute Gasteiger partial charge is 0.262 e.